The Hall–Kier alpha value is -2.10. The first-order valence-corrected chi connectivity index (χ1v) is 5.95. The van der Waals surface area contributed by atoms with Crippen LogP contribution in [0, 0.1) is 6.92 Å². The summed E-state index contributed by atoms with van der Waals surface area (Å²) >= 11 is 0. The topological polar surface area (TPSA) is 71.0 Å². The third kappa shape index (κ3) is 2.59. The third-order valence-corrected chi connectivity index (χ3v) is 2.45. The molecule has 0 unspecified atom stereocenters. The van der Waals surface area contributed by atoms with Crippen molar-refractivity contribution in [3.05, 3.63) is 29.8 Å². The van der Waals surface area contributed by atoms with Crippen molar-refractivity contribution in [2.24, 2.45) is 10.2 Å². The fourth-order valence-corrected chi connectivity index (χ4v) is 1.81. The highest BCUT2D eigenvalue weighted by atomic mass is 16.3. The van der Waals surface area contributed by atoms with Gasteiger partial charge in [-0.2, -0.15) is 10.2 Å². The number of hydrogen-bond donors (Lipinski definition) is 2. The van der Waals surface area contributed by atoms with E-state index in [9.17, 15) is 5.11 Å². The summed E-state index contributed by atoms with van der Waals surface area (Å²) in [5.74, 6) is 0.0839. The van der Waals surface area contributed by atoms with Crippen molar-refractivity contribution in [1.82, 2.24) is 0 Å². The summed E-state index contributed by atoms with van der Waals surface area (Å²) in [6, 6.07) is 7.40. The van der Waals surface area contributed by atoms with Gasteiger partial charge in [0.15, 0.2) is 5.75 Å². The number of anilines is 1. The average Bonchev–Trinajstić information content (AvgIpc) is 2.34. The highest BCUT2D eigenvalue weighted by Gasteiger charge is 2.09. The lowest BCUT2D eigenvalue weighted by Gasteiger charge is -2.07. The van der Waals surface area contributed by atoms with Gasteiger partial charge in [-0.3, -0.25) is 0 Å². The fraction of sp³-hybridized carbons (Fsp3) is 0.286. The van der Waals surface area contributed by atoms with Gasteiger partial charge in [-0.1, -0.05) is 26.0 Å². The Morgan fingerprint density at radius 1 is 1.17 bits per heavy atom. The SMILES string of the molecule is CC.CN=Nc1ccc2cc(C)cc(N)c2c1O. The highest BCUT2D eigenvalue weighted by molar-refractivity contribution is 6.01. The Kier molecular flexibility index (Phi) is 4.66. The molecular weight excluding hydrogens is 226 g/mol. The Bertz CT molecular complexity index is 577. The van der Waals surface area contributed by atoms with E-state index >= 15 is 0 Å². The molecule has 3 N–H and O–H groups in total. The largest absolute Gasteiger partial charge is 0.505 e. The molecule has 2 aromatic carbocycles. The summed E-state index contributed by atoms with van der Waals surface area (Å²) in [4.78, 5) is 0. The Labute approximate surface area is 107 Å². The molecule has 0 radical (unpaired) electrons. The monoisotopic (exact) mass is 245 g/mol. The van der Waals surface area contributed by atoms with Crippen LogP contribution in [0.3, 0.4) is 0 Å². The van der Waals surface area contributed by atoms with Gasteiger partial charge in [-0.15, -0.1) is 0 Å². The molecule has 0 saturated carbocycles. The van der Waals surface area contributed by atoms with Gasteiger partial charge in [-0.05, 0) is 30.0 Å². The first-order valence-electron chi connectivity index (χ1n) is 5.95. The zero-order valence-corrected chi connectivity index (χ0v) is 11.2. The number of nitrogen functional groups attached to an aromatic ring is 1. The Balaban J connectivity index is 0.000000771. The first-order chi connectivity index (χ1) is 8.63. The predicted molar refractivity (Wildman–Crippen MR) is 76.6 cm³/mol. The molecule has 0 amide bonds. The summed E-state index contributed by atoms with van der Waals surface area (Å²) in [7, 11) is 1.56. The number of nitrogens with two attached hydrogens (primary N) is 1. The number of phenols is 1. The molecule has 0 atom stereocenters. The second-order valence-corrected chi connectivity index (χ2v) is 3.69. The van der Waals surface area contributed by atoms with E-state index in [1.807, 2.05) is 39.0 Å². The van der Waals surface area contributed by atoms with E-state index < -0.39 is 0 Å². The number of benzene rings is 2. The molecular formula is C14H19N3O. The molecule has 4 nitrogen and oxygen atoms in total. The van der Waals surface area contributed by atoms with Crippen LogP contribution in [0.25, 0.3) is 10.8 Å². The number of azo groups is 1. The zero-order chi connectivity index (χ0) is 13.7. The van der Waals surface area contributed by atoms with Crippen molar-refractivity contribution in [3.8, 4) is 5.75 Å². The van der Waals surface area contributed by atoms with Crippen LogP contribution in [0.2, 0.25) is 0 Å². The van der Waals surface area contributed by atoms with Crippen molar-refractivity contribution in [3.63, 3.8) is 0 Å². The fourth-order valence-electron chi connectivity index (χ4n) is 1.81. The number of nitrogens with zero attached hydrogens (tertiary/aromatic N) is 2. The molecule has 0 bridgehead atoms. The summed E-state index contributed by atoms with van der Waals surface area (Å²) < 4.78 is 0. The first kappa shape index (κ1) is 14.0. The van der Waals surface area contributed by atoms with Gasteiger partial charge in [-0.25, -0.2) is 0 Å². The van der Waals surface area contributed by atoms with E-state index in [1.165, 1.54) is 0 Å². The van der Waals surface area contributed by atoms with Crippen LogP contribution in [-0.4, -0.2) is 12.2 Å². The zero-order valence-electron chi connectivity index (χ0n) is 11.2. The second-order valence-electron chi connectivity index (χ2n) is 3.69. The summed E-state index contributed by atoms with van der Waals surface area (Å²) in [6.07, 6.45) is 0. The minimum atomic E-state index is 0.0839. The Morgan fingerprint density at radius 3 is 2.44 bits per heavy atom. The quantitative estimate of drug-likeness (QED) is 0.584. The van der Waals surface area contributed by atoms with Crippen molar-refractivity contribution in [2.45, 2.75) is 20.8 Å². The lowest BCUT2D eigenvalue weighted by Crippen LogP contribution is -1.89. The molecule has 0 heterocycles. The van der Waals surface area contributed by atoms with Crippen LogP contribution in [0.15, 0.2) is 34.5 Å². The maximum Gasteiger partial charge on any atom is 0.152 e. The number of fused-ring (bicyclic) bond motifs is 1. The molecule has 96 valence electrons. The van der Waals surface area contributed by atoms with Gasteiger partial charge in [0.1, 0.15) is 5.69 Å². The minimum absolute atomic E-state index is 0.0839. The normalized spacial score (nSPS) is 10.4. The second kappa shape index (κ2) is 6.00. The Morgan fingerprint density at radius 2 is 1.83 bits per heavy atom. The van der Waals surface area contributed by atoms with Crippen molar-refractivity contribution >= 4 is 22.1 Å². The summed E-state index contributed by atoms with van der Waals surface area (Å²) in [5.41, 5.74) is 7.95. The number of aromatic hydroxyl groups is 1. The van der Waals surface area contributed by atoms with Crippen LogP contribution in [0.5, 0.6) is 5.75 Å². The molecule has 0 saturated heterocycles. The van der Waals surface area contributed by atoms with Crippen molar-refractivity contribution in [1.29, 1.82) is 0 Å². The molecule has 0 spiro atoms. The predicted octanol–water partition coefficient (Wildman–Crippen LogP) is 4.18. The molecule has 0 aromatic heterocycles. The van der Waals surface area contributed by atoms with Crippen LogP contribution in [0.4, 0.5) is 11.4 Å². The van der Waals surface area contributed by atoms with Crippen LogP contribution >= 0.6 is 0 Å². The summed E-state index contributed by atoms with van der Waals surface area (Å²) in [5, 5.41) is 19.0. The highest BCUT2D eigenvalue weighted by Crippen LogP contribution is 2.38. The summed E-state index contributed by atoms with van der Waals surface area (Å²) in [6.45, 7) is 5.96. The number of hydrogen-bond acceptors (Lipinski definition) is 4. The number of rotatable bonds is 1. The molecule has 18 heavy (non-hydrogen) atoms. The van der Waals surface area contributed by atoms with Gasteiger partial charge in [0, 0.05) is 18.1 Å². The van der Waals surface area contributed by atoms with Crippen LogP contribution in [0.1, 0.15) is 19.4 Å². The standard InChI is InChI=1S/C12H13N3O.C2H6/c1-7-5-8-3-4-10(15-14-2)12(16)11(8)9(13)6-7;1-2/h3-6,16H,13H2,1-2H3;1-2H3. The number of aryl methyl sites for hydroxylation is 1. The van der Waals surface area contributed by atoms with Crippen molar-refractivity contribution < 1.29 is 5.11 Å². The minimum Gasteiger partial charge on any atom is -0.505 e. The molecule has 4 heteroatoms. The molecule has 2 rings (SSSR count). The van der Waals surface area contributed by atoms with Gasteiger partial charge >= 0.3 is 0 Å². The average molecular weight is 245 g/mol. The van der Waals surface area contributed by atoms with Gasteiger partial charge in [0.25, 0.3) is 0 Å². The van der Waals surface area contributed by atoms with E-state index in [2.05, 4.69) is 10.2 Å². The lowest BCUT2D eigenvalue weighted by molar-refractivity contribution is 0.483. The maximum absolute atomic E-state index is 10.0. The molecule has 0 aliphatic rings. The van der Waals surface area contributed by atoms with Crippen LogP contribution < -0.4 is 5.73 Å². The third-order valence-electron chi connectivity index (χ3n) is 2.45. The molecule has 0 aliphatic carbocycles. The van der Waals surface area contributed by atoms with Crippen molar-refractivity contribution in [2.75, 3.05) is 12.8 Å². The van der Waals surface area contributed by atoms with Gasteiger partial charge in [0.2, 0.25) is 0 Å². The maximum atomic E-state index is 10.0. The van der Waals surface area contributed by atoms with E-state index in [0.717, 1.165) is 10.9 Å². The molecule has 0 fully saturated rings. The van der Waals surface area contributed by atoms with E-state index in [4.69, 9.17) is 5.73 Å². The van der Waals surface area contributed by atoms with E-state index in [0.29, 0.717) is 16.8 Å². The van der Waals surface area contributed by atoms with E-state index in [1.54, 1.807) is 13.1 Å². The van der Waals surface area contributed by atoms with Gasteiger partial charge in [0.05, 0.1) is 0 Å². The molecule has 0 aliphatic heterocycles. The smallest absolute Gasteiger partial charge is 0.152 e. The van der Waals surface area contributed by atoms with Crippen LogP contribution in [-0.2, 0) is 0 Å². The lowest BCUT2D eigenvalue weighted by atomic mass is 10.0. The molecule has 2 aromatic rings. The number of phenolic OH excluding ortho intramolecular Hbond substituents is 1. The van der Waals surface area contributed by atoms with E-state index in [-0.39, 0.29) is 5.75 Å². The van der Waals surface area contributed by atoms with Gasteiger partial charge < -0.3 is 10.8 Å².